The van der Waals surface area contributed by atoms with Crippen LogP contribution in [0.3, 0.4) is 0 Å². The Balaban J connectivity index is 2.14. The third-order valence-electron chi connectivity index (χ3n) is 3.22. The molecule has 0 unspecified atom stereocenters. The average Bonchev–Trinajstić information content (AvgIpc) is 2.81. The summed E-state index contributed by atoms with van der Waals surface area (Å²) < 4.78 is 22.8. The Bertz CT molecular complexity index is 603. The Morgan fingerprint density at radius 2 is 2.21 bits per heavy atom. The lowest BCUT2D eigenvalue weighted by atomic mass is 9.81. The molecule has 0 atom stereocenters. The first-order valence-corrected chi connectivity index (χ1v) is 8.49. The molecular weight excluding hydrogens is 286 g/mol. The Kier molecular flexibility index (Phi) is 3.73. The summed E-state index contributed by atoms with van der Waals surface area (Å²) in [5, 5.41) is 10.6. The van der Waals surface area contributed by atoms with Gasteiger partial charge in [0.25, 0.3) is 0 Å². The number of hydrogen-bond donors (Lipinski definition) is 1. The topological polar surface area (TPSA) is 89.0 Å². The molecule has 0 radical (unpaired) electrons. The van der Waals surface area contributed by atoms with Gasteiger partial charge in [-0.2, -0.15) is 0 Å². The highest BCUT2D eigenvalue weighted by atomic mass is 32.2. The van der Waals surface area contributed by atoms with E-state index in [1.165, 1.54) is 16.8 Å². The molecule has 1 aliphatic rings. The lowest BCUT2D eigenvalue weighted by Gasteiger charge is -2.28. The van der Waals surface area contributed by atoms with Crippen LogP contribution in [0.15, 0.2) is 17.2 Å². The van der Waals surface area contributed by atoms with Crippen molar-refractivity contribution in [2.45, 2.75) is 20.3 Å². The van der Waals surface area contributed by atoms with Gasteiger partial charge in [-0.05, 0) is 20.3 Å². The normalized spacial score (nSPS) is 18.7. The minimum Gasteiger partial charge on any atom is -0.300 e. The van der Waals surface area contributed by atoms with Crippen LogP contribution in [-0.4, -0.2) is 36.0 Å². The number of aromatic nitrogens is 2. The maximum atomic E-state index is 12.2. The maximum Gasteiger partial charge on any atom is 0.235 e. The summed E-state index contributed by atoms with van der Waals surface area (Å²) in [6, 6.07) is 0. The van der Waals surface area contributed by atoms with Crippen LogP contribution in [0.5, 0.6) is 0 Å². The lowest BCUT2D eigenvalue weighted by Crippen LogP contribution is -2.35. The van der Waals surface area contributed by atoms with Crippen molar-refractivity contribution in [3.05, 3.63) is 17.2 Å². The van der Waals surface area contributed by atoms with Crippen molar-refractivity contribution in [3.8, 4) is 0 Å². The Morgan fingerprint density at radius 3 is 2.74 bits per heavy atom. The molecule has 0 aliphatic carbocycles. The summed E-state index contributed by atoms with van der Waals surface area (Å²) in [7, 11) is -2.98. The SMILES string of the molecule is CC(C)(C(=O)Nc1nncs1)C1=CCS(=O)(=O)CC1. The van der Waals surface area contributed by atoms with Gasteiger partial charge >= 0.3 is 0 Å². The van der Waals surface area contributed by atoms with Crippen LogP contribution in [0.25, 0.3) is 0 Å². The number of nitrogens with one attached hydrogen (secondary N) is 1. The Labute approximate surface area is 115 Å². The van der Waals surface area contributed by atoms with Crippen molar-refractivity contribution in [1.29, 1.82) is 0 Å². The van der Waals surface area contributed by atoms with E-state index in [-0.39, 0.29) is 17.4 Å². The van der Waals surface area contributed by atoms with E-state index in [0.717, 1.165) is 5.57 Å². The number of nitrogens with zero attached hydrogens (tertiary/aromatic N) is 2. The Morgan fingerprint density at radius 1 is 1.47 bits per heavy atom. The van der Waals surface area contributed by atoms with Crippen LogP contribution in [0.1, 0.15) is 20.3 Å². The Hall–Kier alpha value is -1.28. The fourth-order valence-corrected chi connectivity index (χ4v) is 3.47. The van der Waals surface area contributed by atoms with E-state index >= 15 is 0 Å². The van der Waals surface area contributed by atoms with E-state index < -0.39 is 15.3 Å². The van der Waals surface area contributed by atoms with Crippen molar-refractivity contribution in [2.24, 2.45) is 5.41 Å². The fourth-order valence-electron chi connectivity index (χ4n) is 1.87. The van der Waals surface area contributed by atoms with E-state index in [2.05, 4.69) is 15.5 Å². The maximum absolute atomic E-state index is 12.2. The molecule has 0 fully saturated rings. The molecule has 6 nitrogen and oxygen atoms in total. The highest BCUT2D eigenvalue weighted by Gasteiger charge is 2.34. The summed E-state index contributed by atoms with van der Waals surface area (Å²) in [5.74, 6) is -0.0820. The summed E-state index contributed by atoms with van der Waals surface area (Å²) >= 11 is 1.24. The van der Waals surface area contributed by atoms with Crippen LogP contribution in [0, 0.1) is 5.41 Å². The summed E-state index contributed by atoms with van der Waals surface area (Å²) in [6.07, 6.45) is 2.05. The highest BCUT2D eigenvalue weighted by Crippen LogP contribution is 2.33. The molecule has 2 heterocycles. The zero-order chi connectivity index (χ0) is 14.1. The number of amides is 1. The van der Waals surface area contributed by atoms with Crippen LogP contribution in [-0.2, 0) is 14.6 Å². The van der Waals surface area contributed by atoms with Crippen molar-refractivity contribution in [1.82, 2.24) is 10.2 Å². The van der Waals surface area contributed by atoms with Gasteiger partial charge in [0.2, 0.25) is 11.0 Å². The van der Waals surface area contributed by atoms with Gasteiger partial charge in [-0.1, -0.05) is 23.0 Å². The zero-order valence-electron chi connectivity index (χ0n) is 10.7. The molecule has 8 heteroatoms. The van der Waals surface area contributed by atoms with Crippen LogP contribution in [0.2, 0.25) is 0 Å². The predicted octanol–water partition coefficient (Wildman–Crippen LogP) is 1.25. The number of carbonyl (C=O) groups excluding carboxylic acids is 1. The molecule has 1 aromatic heterocycles. The molecule has 1 N–H and O–H groups in total. The fraction of sp³-hybridized carbons (Fsp3) is 0.545. The third-order valence-corrected chi connectivity index (χ3v) is 5.32. The molecule has 1 aliphatic heterocycles. The van der Waals surface area contributed by atoms with Gasteiger partial charge in [0, 0.05) is 0 Å². The highest BCUT2D eigenvalue weighted by molar-refractivity contribution is 7.91. The van der Waals surface area contributed by atoms with E-state index in [0.29, 0.717) is 11.6 Å². The summed E-state index contributed by atoms with van der Waals surface area (Å²) in [6.45, 7) is 3.57. The van der Waals surface area contributed by atoms with Crippen LogP contribution >= 0.6 is 11.3 Å². The van der Waals surface area contributed by atoms with Gasteiger partial charge in [0.1, 0.15) is 5.51 Å². The smallest absolute Gasteiger partial charge is 0.235 e. The zero-order valence-corrected chi connectivity index (χ0v) is 12.3. The minimum absolute atomic E-state index is 0.0118. The molecule has 104 valence electrons. The molecule has 1 aromatic rings. The van der Waals surface area contributed by atoms with Crippen LogP contribution in [0.4, 0.5) is 5.13 Å². The van der Waals surface area contributed by atoms with Gasteiger partial charge in [-0.3, -0.25) is 10.1 Å². The van der Waals surface area contributed by atoms with Gasteiger partial charge < -0.3 is 0 Å². The molecule has 19 heavy (non-hydrogen) atoms. The third kappa shape index (κ3) is 3.19. The number of carbonyl (C=O) groups is 1. The number of sulfone groups is 1. The molecule has 0 bridgehead atoms. The first kappa shape index (κ1) is 14.1. The number of anilines is 1. The van der Waals surface area contributed by atoms with E-state index in [4.69, 9.17) is 0 Å². The van der Waals surface area contributed by atoms with Crippen molar-refractivity contribution >= 4 is 32.2 Å². The molecular formula is C11H15N3O3S2. The van der Waals surface area contributed by atoms with Crippen molar-refractivity contribution in [2.75, 3.05) is 16.8 Å². The van der Waals surface area contributed by atoms with Gasteiger partial charge in [0.15, 0.2) is 9.84 Å². The van der Waals surface area contributed by atoms with Crippen LogP contribution < -0.4 is 5.32 Å². The summed E-state index contributed by atoms with van der Waals surface area (Å²) in [5.41, 5.74) is 1.64. The molecule has 0 spiro atoms. The minimum atomic E-state index is -2.98. The number of rotatable bonds is 3. The summed E-state index contributed by atoms with van der Waals surface area (Å²) in [4.78, 5) is 12.2. The van der Waals surface area contributed by atoms with E-state index in [1.54, 1.807) is 19.9 Å². The first-order valence-electron chi connectivity index (χ1n) is 5.79. The van der Waals surface area contributed by atoms with E-state index in [9.17, 15) is 13.2 Å². The second-order valence-electron chi connectivity index (χ2n) is 4.92. The van der Waals surface area contributed by atoms with Gasteiger partial charge in [-0.15, -0.1) is 10.2 Å². The second-order valence-corrected chi connectivity index (χ2v) is 7.98. The lowest BCUT2D eigenvalue weighted by molar-refractivity contribution is -0.122. The van der Waals surface area contributed by atoms with E-state index in [1.807, 2.05) is 0 Å². The second kappa shape index (κ2) is 5.01. The first-order chi connectivity index (χ1) is 8.81. The number of hydrogen-bond acceptors (Lipinski definition) is 6. The standard InChI is InChI=1S/C11H15N3O3S2/c1-11(2,8-3-5-19(16,17)6-4-8)9(15)13-10-14-12-7-18-10/h3,7H,4-6H2,1-2H3,(H,13,14,15). The quantitative estimate of drug-likeness (QED) is 0.849. The molecule has 0 saturated heterocycles. The molecule has 0 saturated carbocycles. The van der Waals surface area contributed by atoms with Gasteiger partial charge in [-0.25, -0.2) is 8.42 Å². The van der Waals surface area contributed by atoms with Gasteiger partial charge in [0.05, 0.1) is 16.9 Å². The average molecular weight is 301 g/mol. The van der Waals surface area contributed by atoms with Crippen molar-refractivity contribution < 1.29 is 13.2 Å². The van der Waals surface area contributed by atoms with Crippen molar-refractivity contribution in [3.63, 3.8) is 0 Å². The predicted molar refractivity (Wildman–Crippen MR) is 73.7 cm³/mol. The largest absolute Gasteiger partial charge is 0.300 e. The molecule has 0 aromatic carbocycles. The molecule has 1 amide bonds. The monoisotopic (exact) mass is 301 g/mol. The molecule has 2 rings (SSSR count).